The van der Waals surface area contributed by atoms with E-state index >= 15 is 0 Å². The number of benzene rings is 1. The Labute approximate surface area is 117 Å². The van der Waals surface area contributed by atoms with E-state index in [1.807, 2.05) is 31.2 Å². The van der Waals surface area contributed by atoms with Crippen molar-refractivity contribution in [1.82, 2.24) is 5.32 Å². The van der Waals surface area contributed by atoms with Gasteiger partial charge >= 0.3 is 0 Å². The second-order valence-corrected chi connectivity index (χ2v) is 5.09. The second-order valence-electron chi connectivity index (χ2n) is 5.09. The average Bonchev–Trinajstić information content (AvgIpc) is 2.35. The zero-order valence-electron chi connectivity index (χ0n) is 12.6. The van der Waals surface area contributed by atoms with Crippen LogP contribution in [0.2, 0.25) is 0 Å². The molecule has 0 fully saturated rings. The number of nitrogens with one attached hydrogen (secondary N) is 1. The quantitative estimate of drug-likeness (QED) is 0.692. The summed E-state index contributed by atoms with van der Waals surface area (Å²) in [6.07, 6.45) is 2.41. The predicted molar refractivity (Wildman–Crippen MR) is 80.1 cm³/mol. The Morgan fingerprint density at radius 1 is 1.16 bits per heavy atom. The highest BCUT2D eigenvalue weighted by molar-refractivity contribution is 5.33. The largest absolute Gasteiger partial charge is 0.494 e. The molecule has 1 aromatic rings. The van der Waals surface area contributed by atoms with Crippen molar-refractivity contribution in [1.29, 1.82) is 0 Å². The van der Waals surface area contributed by atoms with Crippen LogP contribution in [0.15, 0.2) is 24.3 Å². The molecule has 0 aliphatic rings. The molecule has 3 nitrogen and oxygen atoms in total. The average molecular weight is 265 g/mol. The molecule has 1 rings (SSSR count). The van der Waals surface area contributed by atoms with E-state index in [0.29, 0.717) is 12.6 Å². The van der Waals surface area contributed by atoms with E-state index in [2.05, 4.69) is 26.1 Å². The Hall–Kier alpha value is -1.22. The van der Waals surface area contributed by atoms with Gasteiger partial charge in [-0.05, 0) is 45.4 Å². The van der Waals surface area contributed by atoms with Gasteiger partial charge in [-0.1, -0.05) is 19.9 Å². The topological polar surface area (TPSA) is 30.5 Å². The van der Waals surface area contributed by atoms with E-state index in [4.69, 9.17) is 9.47 Å². The summed E-state index contributed by atoms with van der Waals surface area (Å²) in [7, 11) is 0. The third kappa shape index (κ3) is 7.06. The zero-order chi connectivity index (χ0) is 14.1. The number of hydrogen-bond donors (Lipinski definition) is 1. The van der Waals surface area contributed by atoms with Crippen molar-refractivity contribution in [2.45, 2.75) is 52.7 Å². The zero-order valence-corrected chi connectivity index (χ0v) is 12.6. The van der Waals surface area contributed by atoms with Crippen LogP contribution < -0.4 is 14.8 Å². The standard InChI is InChI=1S/C16H27NO2/c1-5-18-15-9-6-10-16(12-15)19-14(4)8-7-11-17-13(2)3/h6,9-10,12-14,17H,5,7-8,11H2,1-4H3. The summed E-state index contributed by atoms with van der Waals surface area (Å²) in [6, 6.07) is 8.40. The molecule has 1 aromatic carbocycles. The molecule has 0 spiro atoms. The Morgan fingerprint density at radius 2 is 1.89 bits per heavy atom. The maximum Gasteiger partial charge on any atom is 0.123 e. The normalized spacial score (nSPS) is 12.5. The van der Waals surface area contributed by atoms with Gasteiger partial charge in [0.05, 0.1) is 12.7 Å². The fourth-order valence-electron chi connectivity index (χ4n) is 1.88. The summed E-state index contributed by atoms with van der Waals surface area (Å²) < 4.78 is 11.4. The third-order valence-electron chi connectivity index (χ3n) is 2.79. The van der Waals surface area contributed by atoms with Crippen LogP contribution in [0.25, 0.3) is 0 Å². The molecule has 108 valence electrons. The Balaban J connectivity index is 2.31. The van der Waals surface area contributed by atoms with E-state index in [1.54, 1.807) is 0 Å². The number of hydrogen-bond acceptors (Lipinski definition) is 3. The van der Waals surface area contributed by atoms with E-state index in [1.165, 1.54) is 0 Å². The lowest BCUT2D eigenvalue weighted by Gasteiger charge is -2.16. The van der Waals surface area contributed by atoms with Crippen molar-refractivity contribution < 1.29 is 9.47 Å². The monoisotopic (exact) mass is 265 g/mol. The van der Waals surface area contributed by atoms with Crippen LogP contribution in [0.3, 0.4) is 0 Å². The van der Waals surface area contributed by atoms with E-state index in [9.17, 15) is 0 Å². The van der Waals surface area contributed by atoms with Gasteiger partial charge in [-0.3, -0.25) is 0 Å². The molecule has 1 atom stereocenters. The summed E-state index contributed by atoms with van der Waals surface area (Å²) in [6.45, 7) is 10.2. The van der Waals surface area contributed by atoms with Crippen LogP contribution in [0, 0.1) is 0 Å². The number of ether oxygens (including phenoxy) is 2. The first-order valence-corrected chi connectivity index (χ1v) is 7.24. The molecular weight excluding hydrogens is 238 g/mol. The van der Waals surface area contributed by atoms with Gasteiger partial charge in [0.25, 0.3) is 0 Å². The van der Waals surface area contributed by atoms with Crippen molar-refractivity contribution in [2.75, 3.05) is 13.2 Å². The van der Waals surface area contributed by atoms with Crippen molar-refractivity contribution >= 4 is 0 Å². The van der Waals surface area contributed by atoms with Crippen molar-refractivity contribution in [3.63, 3.8) is 0 Å². The van der Waals surface area contributed by atoms with Gasteiger partial charge in [-0.15, -0.1) is 0 Å². The van der Waals surface area contributed by atoms with Crippen LogP contribution in [0.1, 0.15) is 40.5 Å². The highest BCUT2D eigenvalue weighted by atomic mass is 16.5. The van der Waals surface area contributed by atoms with Crippen LogP contribution in [0.5, 0.6) is 11.5 Å². The predicted octanol–water partition coefficient (Wildman–Crippen LogP) is 3.63. The highest BCUT2D eigenvalue weighted by Crippen LogP contribution is 2.21. The summed E-state index contributed by atoms with van der Waals surface area (Å²) in [5.74, 6) is 1.75. The Morgan fingerprint density at radius 3 is 2.58 bits per heavy atom. The van der Waals surface area contributed by atoms with E-state index in [0.717, 1.165) is 30.9 Å². The van der Waals surface area contributed by atoms with Crippen molar-refractivity contribution in [3.05, 3.63) is 24.3 Å². The van der Waals surface area contributed by atoms with Gasteiger partial charge < -0.3 is 14.8 Å². The highest BCUT2D eigenvalue weighted by Gasteiger charge is 2.05. The molecule has 1 unspecified atom stereocenters. The van der Waals surface area contributed by atoms with Gasteiger partial charge in [0.15, 0.2) is 0 Å². The molecule has 0 radical (unpaired) electrons. The first kappa shape index (κ1) is 15.8. The maximum atomic E-state index is 5.90. The molecule has 0 bridgehead atoms. The molecule has 0 aliphatic heterocycles. The molecule has 0 aromatic heterocycles. The molecular formula is C16H27NO2. The van der Waals surface area contributed by atoms with Gasteiger partial charge in [0.1, 0.15) is 11.5 Å². The van der Waals surface area contributed by atoms with Crippen LogP contribution in [-0.2, 0) is 0 Å². The lowest BCUT2D eigenvalue weighted by atomic mass is 10.2. The molecule has 3 heteroatoms. The molecule has 0 heterocycles. The molecule has 0 amide bonds. The van der Waals surface area contributed by atoms with Gasteiger partial charge in [-0.2, -0.15) is 0 Å². The molecule has 0 aliphatic carbocycles. The van der Waals surface area contributed by atoms with E-state index < -0.39 is 0 Å². The van der Waals surface area contributed by atoms with Crippen LogP contribution in [0.4, 0.5) is 0 Å². The molecule has 19 heavy (non-hydrogen) atoms. The Kier molecular flexibility index (Phi) is 7.34. The van der Waals surface area contributed by atoms with Crippen molar-refractivity contribution in [3.8, 4) is 11.5 Å². The maximum absolute atomic E-state index is 5.90. The molecule has 1 N–H and O–H groups in total. The Bertz CT molecular complexity index is 352. The minimum atomic E-state index is 0.228. The summed E-state index contributed by atoms with van der Waals surface area (Å²) in [5, 5.41) is 3.41. The van der Waals surface area contributed by atoms with Crippen LogP contribution >= 0.6 is 0 Å². The summed E-state index contributed by atoms with van der Waals surface area (Å²) >= 11 is 0. The van der Waals surface area contributed by atoms with Gasteiger partial charge in [-0.25, -0.2) is 0 Å². The van der Waals surface area contributed by atoms with Crippen LogP contribution in [-0.4, -0.2) is 25.3 Å². The minimum Gasteiger partial charge on any atom is -0.494 e. The minimum absolute atomic E-state index is 0.228. The SMILES string of the molecule is CCOc1cccc(OC(C)CCCNC(C)C)c1. The second kappa shape index (κ2) is 8.81. The first-order valence-electron chi connectivity index (χ1n) is 7.24. The molecule has 0 saturated carbocycles. The summed E-state index contributed by atoms with van der Waals surface area (Å²) in [5.41, 5.74) is 0. The lowest BCUT2D eigenvalue weighted by molar-refractivity contribution is 0.206. The fourth-order valence-corrected chi connectivity index (χ4v) is 1.88. The lowest BCUT2D eigenvalue weighted by Crippen LogP contribution is -2.25. The fraction of sp³-hybridized carbons (Fsp3) is 0.625. The smallest absolute Gasteiger partial charge is 0.123 e. The van der Waals surface area contributed by atoms with Crippen molar-refractivity contribution in [2.24, 2.45) is 0 Å². The summed E-state index contributed by atoms with van der Waals surface area (Å²) in [4.78, 5) is 0. The van der Waals surface area contributed by atoms with Gasteiger partial charge in [0.2, 0.25) is 0 Å². The number of rotatable bonds is 9. The molecule has 0 saturated heterocycles. The van der Waals surface area contributed by atoms with E-state index in [-0.39, 0.29) is 6.10 Å². The van der Waals surface area contributed by atoms with Gasteiger partial charge in [0, 0.05) is 12.1 Å². The first-order chi connectivity index (χ1) is 9.11. The third-order valence-corrected chi connectivity index (χ3v) is 2.79.